The molecule has 4 heteroatoms. The molecular weight excluding hydrogens is 252 g/mol. The summed E-state index contributed by atoms with van der Waals surface area (Å²) >= 11 is 0. The number of hydrogen-bond donors (Lipinski definition) is 1. The molecule has 0 aromatic carbocycles. The summed E-state index contributed by atoms with van der Waals surface area (Å²) in [6.45, 7) is 8.12. The van der Waals surface area contributed by atoms with Gasteiger partial charge in [0.15, 0.2) is 0 Å². The largest absolute Gasteiger partial charge is 0.340 e. The van der Waals surface area contributed by atoms with Crippen LogP contribution in [0.25, 0.3) is 0 Å². The van der Waals surface area contributed by atoms with Crippen molar-refractivity contribution in [2.75, 3.05) is 0 Å². The van der Waals surface area contributed by atoms with Gasteiger partial charge in [-0.25, -0.2) is 0 Å². The molecule has 2 amide bonds. The first-order valence-corrected chi connectivity index (χ1v) is 8.16. The quantitative estimate of drug-likeness (QED) is 0.841. The first-order chi connectivity index (χ1) is 9.50. The Morgan fingerprint density at radius 1 is 1.10 bits per heavy atom. The minimum absolute atomic E-state index is 0.0375. The second-order valence-electron chi connectivity index (χ2n) is 6.31. The summed E-state index contributed by atoms with van der Waals surface area (Å²) in [5.41, 5.74) is -0.744. The zero-order valence-electron chi connectivity index (χ0n) is 13.3. The van der Waals surface area contributed by atoms with E-state index in [1.807, 2.05) is 25.7 Å². The number of piperazine rings is 1. The third-order valence-corrected chi connectivity index (χ3v) is 5.65. The van der Waals surface area contributed by atoms with Gasteiger partial charge in [-0.2, -0.15) is 0 Å². The number of hydrogen-bond acceptors (Lipinski definition) is 2. The molecule has 0 bridgehead atoms. The molecule has 0 spiro atoms. The van der Waals surface area contributed by atoms with E-state index in [0.717, 1.165) is 19.3 Å². The molecule has 114 valence electrons. The van der Waals surface area contributed by atoms with E-state index in [9.17, 15) is 9.59 Å². The fourth-order valence-electron chi connectivity index (χ4n) is 3.85. The first kappa shape index (κ1) is 15.3. The molecule has 2 rings (SSSR count). The molecule has 2 fully saturated rings. The molecule has 20 heavy (non-hydrogen) atoms. The van der Waals surface area contributed by atoms with Gasteiger partial charge in [0.1, 0.15) is 11.6 Å². The topological polar surface area (TPSA) is 49.4 Å². The van der Waals surface area contributed by atoms with Gasteiger partial charge in [-0.15, -0.1) is 0 Å². The molecule has 1 saturated heterocycles. The molecule has 1 aliphatic heterocycles. The van der Waals surface area contributed by atoms with Crippen molar-refractivity contribution in [2.45, 2.75) is 89.8 Å². The number of amides is 2. The minimum atomic E-state index is -0.680. The van der Waals surface area contributed by atoms with E-state index in [1.165, 1.54) is 6.42 Å². The van der Waals surface area contributed by atoms with Crippen LogP contribution in [0.4, 0.5) is 0 Å². The van der Waals surface area contributed by atoms with Crippen molar-refractivity contribution in [3.8, 4) is 0 Å². The Morgan fingerprint density at radius 2 is 1.70 bits per heavy atom. The standard InChI is InChI=1S/C16H28N2O2/c1-5-12-13(19)17-16(7-3,8-4)14(20)18(12)15(6-2)10-9-11-15/h12H,5-11H2,1-4H3,(H,17,19). The summed E-state index contributed by atoms with van der Waals surface area (Å²) in [6, 6.07) is -0.283. The maximum absolute atomic E-state index is 13.1. The monoisotopic (exact) mass is 280 g/mol. The van der Waals surface area contributed by atoms with Gasteiger partial charge in [0.05, 0.1) is 0 Å². The molecule has 0 aromatic rings. The van der Waals surface area contributed by atoms with Gasteiger partial charge < -0.3 is 10.2 Å². The molecule has 0 radical (unpaired) electrons. The highest BCUT2D eigenvalue weighted by Gasteiger charge is 2.56. The van der Waals surface area contributed by atoms with E-state index in [1.54, 1.807) is 0 Å². The highest BCUT2D eigenvalue weighted by atomic mass is 16.2. The molecule has 0 aromatic heterocycles. The lowest BCUT2D eigenvalue weighted by Crippen LogP contribution is -2.75. The van der Waals surface area contributed by atoms with Crippen LogP contribution in [0.15, 0.2) is 0 Å². The number of carbonyl (C=O) groups is 2. The third-order valence-electron chi connectivity index (χ3n) is 5.65. The van der Waals surface area contributed by atoms with Gasteiger partial charge in [-0.05, 0) is 44.9 Å². The van der Waals surface area contributed by atoms with E-state index in [4.69, 9.17) is 0 Å². The second kappa shape index (κ2) is 5.38. The van der Waals surface area contributed by atoms with Crippen LogP contribution in [0, 0.1) is 0 Å². The molecular formula is C16H28N2O2. The van der Waals surface area contributed by atoms with Crippen molar-refractivity contribution in [1.29, 1.82) is 0 Å². The van der Waals surface area contributed by atoms with Crippen molar-refractivity contribution in [3.05, 3.63) is 0 Å². The summed E-state index contributed by atoms with van der Waals surface area (Å²) in [5.74, 6) is 0.186. The van der Waals surface area contributed by atoms with Crippen LogP contribution in [0.1, 0.15) is 72.6 Å². The van der Waals surface area contributed by atoms with Gasteiger partial charge in [0, 0.05) is 5.54 Å². The zero-order valence-corrected chi connectivity index (χ0v) is 13.3. The summed E-state index contributed by atoms with van der Waals surface area (Å²) in [7, 11) is 0. The van der Waals surface area contributed by atoms with Crippen molar-refractivity contribution in [1.82, 2.24) is 10.2 Å². The molecule has 4 nitrogen and oxygen atoms in total. The van der Waals surface area contributed by atoms with Crippen molar-refractivity contribution >= 4 is 11.8 Å². The Labute approximate surface area is 122 Å². The van der Waals surface area contributed by atoms with Gasteiger partial charge in [0.2, 0.25) is 11.8 Å². The molecule has 1 N–H and O–H groups in total. The highest BCUT2D eigenvalue weighted by Crippen LogP contribution is 2.44. The minimum Gasteiger partial charge on any atom is -0.340 e. The van der Waals surface area contributed by atoms with Crippen LogP contribution < -0.4 is 5.32 Å². The Bertz CT molecular complexity index is 392. The lowest BCUT2D eigenvalue weighted by atomic mass is 9.70. The summed E-state index contributed by atoms with van der Waals surface area (Å²) in [6.07, 6.45) is 6.24. The van der Waals surface area contributed by atoms with Gasteiger partial charge in [-0.3, -0.25) is 9.59 Å². The Morgan fingerprint density at radius 3 is 2.05 bits per heavy atom. The fourth-order valence-corrected chi connectivity index (χ4v) is 3.85. The van der Waals surface area contributed by atoms with Crippen LogP contribution in [0.5, 0.6) is 0 Å². The maximum atomic E-state index is 13.1. The number of nitrogens with one attached hydrogen (secondary N) is 1. The van der Waals surface area contributed by atoms with Crippen LogP contribution in [-0.4, -0.2) is 33.8 Å². The lowest BCUT2D eigenvalue weighted by molar-refractivity contribution is -0.169. The first-order valence-electron chi connectivity index (χ1n) is 8.16. The third kappa shape index (κ3) is 1.95. The lowest BCUT2D eigenvalue weighted by Gasteiger charge is -2.57. The van der Waals surface area contributed by atoms with Gasteiger partial charge >= 0.3 is 0 Å². The zero-order chi connectivity index (χ0) is 15.0. The fraction of sp³-hybridized carbons (Fsp3) is 0.875. The number of rotatable bonds is 5. The molecule has 2 aliphatic rings. The van der Waals surface area contributed by atoms with E-state index >= 15 is 0 Å². The summed E-state index contributed by atoms with van der Waals surface area (Å²) < 4.78 is 0. The summed E-state index contributed by atoms with van der Waals surface area (Å²) in [5, 5.41) is 3.02. The van der Waals surface area contributed by atoms with E-state index in [2.05, 4.69) is 12.2 Å². The molecule has 1 heterocycles. The molecule has 1 atom stereocenters. The molecule has 1 unspecified atom stereocenters. The van der Waals surface area contributed by atoms with Crippen molar-refractivity contribution < 1.29 is 9.59 Å². The van der Waals surface area contributed by atoms with E-state index < -0.39 is 5.54 Å². The SMILES string of the molecule is CCC1C(=O)NC(CC)(CC)C(=O)N1C1(CC)CCC1. The van der Waals surface area contributed by atoms with Crippen LogP contribution in [0.2, 0.25) is 0 Å². The van der Waals surface area contributed by atoms with Crippen molar-refractivity contribution in [2.24, 2.45) is 0 Å². The van der Waals surface area contributed by atoms with Gasteiger partial charge in [0.25, 0.3) is 0 Å². The Balaban J connectivity index is 2.43. The Kier molecular flexibility index (Phi) is 4.12. The van der Waals surface area contributed by atoms with Crippen LogP contribution in [0.3, 0.4) is 0 Å². The molecule has 1 saturated carbocycles. The van der Waals surface area contributed by atoms with Crippen LogP contribution in [-0.2, 0) is 9.59 Å². The van der Waals surface area contributed by atoms with Crippen LogP contribution >= 0.6 is 0 Å². The average molecular weight is 280 g/mol. The van der Waals surface area contributed by atoms with E-state index in [-0.39, 0.29) is 23.4 Å². The number of nitrogens with zero attached hydrogens (tertiary/aromatic N) is 1. The predicted molar refractivity (Wildman–Crippen MR) is 79.3 cm³/mol. The van der Waals surface area contributed by atoms with Crippen molar-refractivity contribution in [3.63, 3.8) is 0 Å². The summed E-state index contributed by atoms with van der Waals surface area (Å²) in [4.78, 5) is 27.6. The van der Waals surface area contributed by atoms with E-state index in [0.29, 0.717) is 19.3 Å². The van der Waals surface area contributed by atoms with Gasteiger partial charge in [-0.1, -0.05) is 27.7 Å². The normalized spacial score (nSPS) is 28.0. The highest BCUT2D eigenvalue weighted by molar-refractivity contribution is 6.00. The maximum Gasteiger partial charge on any atom is 0.249 e. The Hall–Kier alpha value is -1.06. The average Bonchev–Trinajstić information content (AvgIpc) is 2.41. The second-order valence-corrected chi connectivity index (χ2v) is 6.31. The molecule has 1 aliphatic carbocycles. The smallest absolute Gasteiger partial charge is 0.249 e. The predicted octanol–water partition coefficient (Wildman–Crippen LogP) is 2.61. The number of carbonyl (C=O) groups excluding carboxylic acids is 2.